The van der Waals surface area contributed by atoms with Crippen molar-refractivity contribution >= 4 is 0 Å². The average Bonchev–Trinajstić information content (AvgIpc) is 2.95. The summed E-state index contributed by atoms with van der Waals surface area (Å²) in [5.74, 6) is 0.514. The van der Waals surface area contributed by atoms with Crippen LogP contribution in [0.3, 0.4) is 0 Å². The SMILES string of the molecule is CCNCC(C)(COCC(F)(F)F)C1CC1. The van der Waals surface area contributed by atoms with Crippen LogP contribution in [0.2, 0.25) is 0 Å². The van der Waals surface area contributed by atoms with Gasteiger partial charge in [-0.05, 0) is 25.3 Å². The van der Waals surface area contributed by atoms with Crippen molar-refractivity contribution in [1.82, 2.24) is 5.32 Å². The Morgan fingerprint density at radius 2 is 1.88 bits per heavy atom. The summed E-state index contributed by atoms with van der Waals surface area (Å²) >= 11 is 0. The summed E-state index contributed by atoms with van der Waals surface area (Å²) in [6.45, 7) is 4.60. The van der Waals surface area contributed by atoms with Crippen molar-refractivity contribution in [3.8, 4) is 0 Å². The molecule has 1 aliphatic carbocycles. The van der Waals surface area contributed by atoms with Crippen molar-refractivity contribution in [2.24, 2.45) is 11.3 Å². The lowest BCUT2D eigenvalue weighted by atomic mass is 9.85. The molecule has 5 heteroatoms. The first-order chi connectivity index (χ1) is 7.37. The Hall–Kier alpha value is -0.290. The van der Waals surface area contributed by atoms with Crippen LogP contribution in [0.15, 0.2) is 0 Å². The largest absolute Gasteiger partial charge is 0.411 e. The molecule has 0 aromatic carbocycles. The lowest BCUT2D eigenvalue weighted by molar-refractivity contribution is -0.181. The first kappa shape index (κ1) is 13.8. The fraction of sp³-hybridized carbons (Fsp3) is 1.00. The van der Waals surface area contributed by atoms with Crippen LogP contribution in [0.5, 0.6) is 0 Å². The maximum Gasteiger partial charge on any atom is 0.411 e. The van der Waals surface area contributed by atoms with Crippen molar-refractivity contribution in [2.45, 2.75) is 32.9 Å². The van der Waals surface area contributed by atoms with Crippen LogP contribution in [0.25, 0.3) is 0 Å². The number of ether oxygens (including phenoxy) is 1. The van der Waals surface area contributed by atoms with E-state index in [-0.39, 0.29) is 12.0 Å². The zero-order valence-electron chi connectivity index (χ0n) is 9.86. The van der Waals surface area contributed by atoms with Gasteiger partial charge in [0.1, 0.15) is 6.61 Å². The minimum Gasteiger partial charge on any atom is -0.371 e. The van der Waals surface area contributed by atoms with Crippen molar-refractivity contribution < 1.29 is 17.9 Å². The third kappa shape index (κ3) is 4.70. The van der Waals surface area contributed by atoms with E-state index in [1.54, 1.807) is 0 Å². The van der Waals surface area contributed by atoms with Gasteiger partial charge in [0.25, 0.3) is 0 Å². The Labute approximate surface area is 94.5 Å². The van der Waals surface area contributed by atoms with Gasteiger partial charge in [-0.15, -0.1) is 0 Å². The van der Waals surface area contributed by atoms with Crippen molar-refractivity contribution in [1.29, 1.82) is 0 Å². The highest BCUT2D eigenvalue weighted by Gasteiger charge is 2.42. The molecule has 16 heavy (non-hydrogen) atoms. The van der Waals surface area contributed by atoms with E-state index in [0.717, 1.165) is 25.9 Å². The minimum absolute atomic E-state index is 0.152. The van der Waals surface area contributed by atoms with Crippen molar-refractivity contribution in [2.75, 3.05) is 26.3 Å². The Morgan fingerprint density at radius 3 is 2.31 bits per heavy atom. The van der Waals surface area contributed by atoms with Gasteiger partial charge < -0.3 is 10.1 Å². The molecule has 1 rings (SSSR count). The van der Waals surface area contributed by atoms with E-state index in [1.807, 2.05) is 13.8 Å². The molecular formula is C11H20F3NO. The van der Waals surface area contributed by atoms with Crippen LogP contribution in [0, 0.1) is 11.3 Å². The van der Waals surface area contributed by atoms with Crippen LogP contribution in [-0.2, 0) is 4.74 Å². The number of alkyl halides is 3. The molecule has 0 aromatic heterocycles. The molecule has 0 spiro atoms. The summed E-state index contributed by atoms with van der Waals surface area (Å²) in [4.78, 5) is 0. The zero-order valence-corrected chi connectivity index (χ0v) is 9.86. The van der Waals surface area contributed by atoms with E-state index in [0.29, 0.717) is 5.92 Å². The van der Waals surface area contributed by atoms with Gasteiger partial charge in [0.05, 0.1) is 6.61 Å². The van der Waals surface area contributed by atoms with Crippen LogP contribution in [0.4, 0.5) is 13.2 Å². The maximum atomic E-state index is 12.0. The van der Waals surface area contributed by atoms with E-state index in [2.05, 4.69) is 5.32 Å². The summed E-state index contributed by atoms with van der Waals surface area (Å²) in [7, 11) is 0. The number of hydrogen-bond acceptors (Lipinski definition) is 2. The predicted octanol–water partition coefficient (Wildman–Crippen LogP) is 2.59. The molecule has 0 aliphatic heterocycles. The fourth-order valence-corrected chi connectivity index (χ4v) is 1.90. The molecule has 0 amide bonds. The number of rotatable bonds is 7. The summed E-state index contributed by atoms with van der Waals surface area (Å²) in [6, 6.07) is 0. The summed E-state index contributed by atoms with van der Waals surface area (Å²) in [6.07, 6.45) is -2.00. The van der Waals surface area contributed by atoms with Crippen LogP contribution in [-0.4, -0.2) is 32.5 Å². The van der Waals surface area contributed by atoms with Gasteiger partial charge in [-0.1, -0.05) is 13.8 Å². The van der Waals surface area contributed by atoms with Gasteiger partial charge in [0.15, 0.2) is 0 Å². The summed E-state index contributed by atoms with van der Waals surface area (Å²) < 4.78 is 40.7. The van der Waals surface area contributed by atoms with Gasteiger partial charge in [-0.3, -0.25) is 0 Å². The highest BCUT2D eigenvalue weighted by Crippen LogP contribution is 2.45. The van der Waals surface area contributed by atoms with Gasteiger partial charge >= 0.3 is 6.18 Å². The van der Waals surface area contributed by atoms with Gasteiger partial charge in [0, 0.05) is 12.0 Å². The highest BCUT2D eigenvalue weighted by molar-refractivity contribution is 4.92. The first-order valence-corrected chi connectivity index (χ1v) is 5.72. The fourth-order valence-electron chi connectivity index (χ4n) is 1.90. The third-order valence-corrected chi connectivity index (χ3v) is 3.04. The molecule has 0 radical (unpaired) electrons. The van der Waals surface area contributed by atoms with Crippen LogP contribution >= 0.6 is 0 Å². The molecule has 1 aliphatic rings. The smallest absolute Gasteiger partial charge is 0.371 e. The molecule has 1 fully saturated rings. The van der Waals surface area contributed by atoms with Crippen molar-refractivity contribution in [3.63, 3.8) is 0 Å². The van der Waals surface area contributed by atoms with Gasteiger partial charge in [-0.25, -0.2) is 0 Å². The second-order valence-corrected chi connectivity index (χ2v) is 4.82. The second-order valence-electron chi connectivity index (χ2n) is 4.82. The normalized spacial score (nSPS) is 20.8. The summed E-state index contributed by atoms with van der Waals surface area (Å²) in [5, 5.41) is 3.20. The lowest BCUT2D eigenvalue weighted by Crippen LogP contribution is -2.38. The van der Waals surface area contributed by atoms with E-state index < -0.39 is 12.8 Å². The molecule has 1 atom stereocenters. The average molecular weight is 239 g/mol. The number of nitrogens with one attached hydrogen (secondary N) is 1. The Bertz CT molecular complexity index is 216. The van der Waals surface area contributed by atoms with Gasteiger partial charge in [0.2, 0.25) is 0 Å². The minimum atomic E-state index is -4.22. The lowest BCUT2D eigenvalue weighted by Gasteiger charge is -2.30. The molecule has 96 valence electrons. The molecule has 0 saturated heterocycles. The molecule has 1 N–H and O–H groups in total. The molecule has 2 nitrogen and oxygen atoms in total. The maximum absolute atomic E-state index is 12.0. The summed E-state index contributed by atoms with van der Waals surface area (Å²) in [5.41, 5.74) is -0.152. The van der Waals surface area contributed by atoms with Crippen LogP contribution < -0.4 is 5.32 Å². The number of halogens is 3. The Morgan fingerprint density at radius 1 is 1.25 bits per heavy atom. The van der Waals surface area contributed by atoms with E-state index in [9.17, 15) is 13.2 Å². The standard InChI is InChI=1S/C11H20F3NO/c1-3-15-6-10(2,9-4-5-9)7-16-8-11(12,13)14/h9,15H,3-8H2,1-2H3. The quantitative estimate of drug-likeness (QED) is 0.737. The number of hydrogen-bond donors (Lipinski definition) is 1. The molecule has 0 heterocycles. The topological polar surface area (TPSA) is 21.3 Å². The molecule has 1 saturated carbocycles. The highest BCUT2D eigenvalue weighted by atomic mass is 19.4. The first-order valence-electron chi connectivity index (χ1n) is 5.72. The molecule has 1 unspecified atom stereocenters. The Balaban J connectivity index is 2.33. The van der Waals surface area contributed by atoms with Crippen molar-refractivity contribution in [3.05, 3.63) is 0 Å². The van der Waals surface area contributed by atoms with E-state index >= 15 is 0 Å². The third-order valence-electron chi connectivity index (χ3n) is 3.04. The molecular weight excluding hydrogens is 219 g/mol. The van der Waals surface area contributed by atoms with E-state index in [4.69, 9.17) is 4.74 Å². The Kier molecular flexibility index (Phi) is 4.62. The van der Waals surface area contributed by atoms with Gasteiger partial charge in [-0.2, -0.15) is 13.2 Å². The van der Waals surface area contributed by atoms with E-state index in [1.165, 1.54) is 0 Å². The second kappa shape index (κ2) is 5.36. The predicted molar refractivity (Wildman–Crippen MR) is 56.2 cm³/mol. The monoisotopic (exact) mass is 239 g/mol. The van der Waals surface area contributed by atoms with Crippen LogP contribution in [0.1, 0.15) is 26.7 Å². The molecule has 0 aromatic rings. The zero-order chi connectivity index (χ0) is 12.2. The molecule has 0 bridgehead atoms.